The molecule has 62 heavy (non-hydrogen) atoms. The van der Waals surface area contributed by atoms with Crippen molar-refractivity contribution in [2.45, 2.75) is 121 Å². The number of carbonyl (C=O) groups is 10. The van der Waals surface area contributed by atoms with Crippen molar-refractivity contribution in [3.05, 3.63) is 29.8 Å². The maximum absolute atomic E-state index is 13.7. The topological polar surface area (TPSA) is 396 Å². The van der Waals surface area contributed by atoms with Gasteiger partial charge in [-0.3, -0.25) is 43.2 Å². The number of nitrogens with two attached hydrogens (primary N) is 2. The number of primary amides is 1. The number of hydrogen-bond acceptors (Lipinski definition) is 14. The van der Waals surface area contributed by atoms with Crippen LogP contribution in [0.15, 0.2) is 24.3 Å². The second kappa shape index (κ2) is 27.0. The number of phenolic OH excluding ortho intramolecular Hbond substituents is 1. The lowest BCUT2D eigenvalue weighted by Gasteiger charge is -2.27. The molecule has 0 saturated heterocycles. The van der Waals surface area contributed by atoms with Gasteiger partial charge in [-0.2, -0.15) is 11.8 Å². The van der Waals surface area contributed by atoms with E-state index in [1.54, 1.807) is 20.1 Å². The zero-order chi connectivity index (χ0) is 47.3. The van der Waals surface area contributed by atoms with E-state index in [0.29, 0.717) is 5.56 Å². The molecule has 24 heteroatoms. The second-order valence-electron chi connectivity index (χ2n) is 14.8. The molecular formula is C38H58N8O15S. The molecule has 1 aromatic carbocycles. The Hall–Kier alpha value is -6.01. The highest BCUT2D eigenvalue weighted by Crippen LogP contribution is 2.13. The van der Waals surface area contributed by atoms with Gasteiger partial charge in [0.25, 0.3) is 0 Å². The first kappa shape index (κ1) is 54.0. The average molecular weight is 899 g/mol. The number of aliphatic carboxylic acids is 3. The normalized spacial score (nSPS) is 14.9. The van der Waals surface area contributed by atoms with Crippen molar-refractivity contribution >= 4 is 71.0 Å². The molecule has 0 aliphatic rings. The van der Waals surface area contributed by atoms with E-state index in [1.807, 2.05) is 0 Å². The van der Waals surface area contributed by atoms with Gasteiger partial charge in [-0.05, 0) is 68.2 Å². The number of aliphatic hydroxyl groups excluding tert-OH is 1. The number of aliphatic hydroxyl groups is 1. The molecule has 23 nitrogen and oxygen atoms in total. The summed E-state index contributed by atoms with van der Waals surface area (Å²) in [5, 5.41) is 62.2. The van der Waals surface area contributed by atoms with Gasteiger partial charge in [0.1, 0.15) is 48.0 Å². The summed E-state index contributed by atoms with van der Waals surface area (Å²) in [6, 6.07) is -5.74. The first-order chi connectivity index (χ1) is 28.9. The molecule has 1 aromatic rings. The Morgan fingerprint density at radius 3 is 1.55 bits per heavy atom. The van der Waals surface area contributed by atoms with E-state index >= 15 is 0 Å². The number of aromatic hydroxyl groups is 1. The lowest BCUT2D eigenvalue weighted by atomic mass is 10.0. The predicted octanol–water partition coefficient (Wildman–Crippen LogP) is -2.96. The highest BCUT2D eigenvalue weighted by atomic mass is 32.2. The molecule has 0 aromatic heterocycles. The summed E-state index contributed by atoms with van der Waals surface area (Å²) in [7, 11) is 0. The van der Waals surface area contributed by atoms with E-state index in [4.69, 9.17) is 11.5 Å². The van der Waals surface area contributed by atoms with Gasteiger partial charge in [0, 0.05) is 19.3 Å². The van der Waals surface area contributed by atoms with Crippen LogP contribution in [-0.4, -0.2) is 145 Å². The van der Waals surface area contributed by atoms with Gasteiger partial charge in [-0.25, -0.2) is 4.79 Å². The number of phenols is 1. The van der Waals surface area contributed by atoms with Crippen LogP contribution in [0.4, 0.5) is 0 Å². The number of hydrogen-bond donors (Lipinski definition) is 13. The van der Waals surface area contributed by atoms with Crippen LogP contribution in [0.3, 0.4) is 0 Å². The molecule has 0 saturated carbocycles. The fourth-order valence-electron chi connectivity index (χ4n) is 5.60. The standard InChI is InChI=1S/C38H58N8O15S/c1-18(2)15-25(46-37(59)31(40)19(3)47)34(56)42-23(13-14-62-4)33(55)41-22(10-12-29(50)51)32(54)45-27(17-30(52)53)36(58)44-26(16-20-5-7-21(48)8-6-20)35(57)43-24(38(60)61)9-11-28(39)49/h5-8,18-19,22-27,31,47-48H,9-17,40H2,1-4H3,(H2,39,49)(H,41,55)(H,42,56)(H,43,57)(H,44,58)(H,45,54)(H,46,59)(H,50,51)(H,52,53)(H,60,61). The molecule has 8 atom stereocenters. The lowest BCUT2D eigenvalue weighted by Crippen LogP contribution is -2.60. The zero-order valence-corrected chi connectivity index (χ0v) is 35.6. The van der Waals surface area contributed by atoms with E-state index < -0.39 is 140 Å². The predicted molar refractivity (Wildman–Crippen MR) is 221 cm³/mol. The van der Waals surface area contributed by atoms with Gasteiger partial charge in [0.2, 0.25) is 41.4 Å². The summed E-state index contributed by atoms with van der Waals surface area (Å²) in [6.07, 6.45) is -3.10. The fraction of sp³-hybridized carbons (Fsp3) is 0.579. The third-order valence-corrected chi connectivity index (χ3v) is 9.64. The minimum atomic E-state index is -1.98. The molecule has 1 rings (SSSR count). The van der Waals surface area contributed by atoms with Crippen molar-refractivity contribution < 1.29 is 73.5 Å². The van der Waals surface area contributed by atoms with Crippen LogP contribution >= 0.6 is 11.8 Å². The van der Waals surface area contributed by atoms with Crippen molar-refractivity contribution in [2.75, 3.05) is 12.0 Å². The van der Waals surface area contributed by atoms with Gasteiger partial charge in [-0.1, -0.05) is 26.0 Å². The summed E-state index contributed by atoms with van der Waals surface area (Å²) in [6.45, 7) is 4.80. The Morgan fingerprint density at radius 2 is 1.06 bits per heavy atom. The van der Waals surface area contributed by atoms with Gasteiger partial charge in [0.05, 0.1) is 12.5 Å². The Bertz CT molecular complexity index is 1750. The molecule has 0 radical (unpaired) electrons. The van der Waals surface area contributed by atoms with E-state index in [-0.39, 0.29) is 36.7 Å². The lowest BCUT2D eigenvalue weighted by molar-refractivity contribution is -0.143. The third-order valence-electron chi connectivity index (χ3n) is 9.00. The number of carboxylic acids is 3. The molecule has 0 bridgehead atoms. The largest absolute Gasteiger partial charge is 0.508 e. The first-order valence-corrected chi connectivity index (χ1v) is 20.8. The molecule has 0 spiro atoms. The number of carbonyl (C=O) groups excluding carboxylic acids is 7. The van der Waals surface area contributed by atoms with Crippen LogP contribution in [0, 0.1) is 5.92 Å². The van der Waals surface area contributed by atoms with Gasteiger partial charge < -0.3 is 68.9 Å². The van der Waals surface area contributed by atoms with E-state index in [1.165, 1.54) is 43.0 Å². The minimum absolute atomic E-state index is 0.0265. The molecule has 0 aliphatic heterocycles. The number of carboxylic acid groups (broad SMARTS) is 3. The SMILES string of the molecule is CSCCC(NC(=O)C(CC(C)C)NC(=O)C(N)C(C)O)C(=O)NC(CCC(=O)O)C(=O)NC(CC(=O)O)C(=O)NC(Cc1ccc(O)cc1)C(=O)NC(CCC(N)=O)C(=O)O. The van der Waals surface area contributed by atoms with Crippen molar-refractivity contribution in [1.82, 2.24) is 31.9 Å². The number of nitrogens with one attached hydrogen (secondary N) is 6. The summed E-state index contributed by atoms with van der Waals surface area (Å²) >= 11 is 1.29. The Labute approximate surface area is 361 Å². The first-order valence-electron chi connectivity index (χ1n) is 19.4. The van der Waals surface area contributed by atoms with Gasteiger partial charge in [0.15, 0.2) is 0 Å². The minimum Gasteiger partial charge on any atom is -0.508 e. The number of rotatable bonds is 29. The Balaban J connectivity index is 3.47. The zero-order valence-electron chi connectivity index (χ0n) is 34.8. The van der Waals surface area contributed by atoms with Crippen LogP contribution in [0.1, 0.15) is 71.3 Å². The van der Waals surface area contributed by atoms with Crippen molar-refractivity contribution in [1.29, 1.82) is 0 Å². The molecule has 0 aliphatic carbocycles. The molecule has 8 unspecified atom stereocenters. The van der Waals surface area contributed by atoms with Crippen LogP contribution in [0.2, 0.25) is 0 Å². The smallest absolute Gasteiger partial charge is 0.326 e. The third kappa shape index (κ3) is 20.5. The Morgan fingerprint density at radius 1 is 0.613 bits per heavy atom. The van der Waals surface area contributed by atoms with E-state index in [0.717, 1.165) is 0 Å². The second-order valence-corrected chi connectivity index (χ2v) is 15.8. The molecule has 0 fully saturated rings. The average Bonchev–Trinajstić information content (AvgIpc) is 3.18. The quantitative estimate of drug-likeness (QED) is 0.0382. The Kier molecular flexibility index (Phi) is 23.6. The summed E-state index contributed by atoms with van der Waals surface area (Å²) in [5.41, 5.74) is 11.2. The highest BCUT2D eigenvalue weighted by Gasteiger charge is 2.35. The van der Waals surface area contributed by atoms with E-state index in [2.05, 4.69) is 31.9 Å². The summed E-state index contributed by atoms with van der Waals surface area (Å²) in [4.78, 5) is 127. The fourth-order valence-corrected chi connectivity index (χ4v) is 6.07. The molecular weight excluding hydrogens is 841 g/mol. The maximum atomic E-state index is 13.7. The number of thioether (sulfide) groups is 1. The number of amides is 7. The van der Waals surface area contributed by atoms with Crippen LogP contribution in [0.5, 0.6) is 5.75 Å². The van der Waals surface area contributed by atoms with Crippen LogP contribution in [0.25, 0.3) is 0 Å². The molecule has 346 valence electrons. The molecule has 0 heterocycles. The van der Waals surface area contributed by atoms with Gasteiger partial charge >= 0.3 is 17.9 Å². The van der Waals surface area contributed by atoms with Crippen molar-refractivity contribution in [3.8, 4) is 5.75 Å². The molecule has 15 N–H and O–H groups in total. The highest BCUT2D eigenvalue weighted by molar-refractivity contribution is 7.98. The summed E-state index contributed by atoms with van der Waals surface area (Å²) < 4.78 is 0. The van der Waals surface area contributed by atoms with Crippen molar-refractivity contribution in [3.63, 3.8) is 0 Å². The number of benzene rings is 1. The van der Waals surface area contributed by atoms with Crippen LogP contribution in [-0.2, 0) is 54.4 Å². The van der Waals surface area contributed by atoms with Gasteiger partial charge in [-0.15, -0.1) is 0 Å². The van der Waals surface area contributed by atoms with Crippen molar-refractivity contribution in [2.24, 2.45) is 17.4 Å². The van der Waals surface area contributed by atoms with Crippen LogP contribution < -0.4 is 43.4 Å². The van der Waals surface area contributed by atoms with E-state index in [9.17, 15) is 73.5 Å². The molecule has 7 amide bonds. The summed E-state index contributed by atoms with van der Waals surface area (Å²) in [5.74, 6) is -11.7. The monoisotopic (exact) mass is 898 g/mol. The maximum Gasteiger partial charge on any atom is 0.326 e.